The van der Waals surface area contributed by atoms with Crippen molar-refractivity contribution in [3.63, 3.8) is 0 Å². The number of esters is 2. The van der Waals surface area contributed by atoms with E-state index in [0.717, 1.165) is 53.5 Å². The number of aromatic nitrogens is 2. The molecule has 0 fully saturated rings. The van der Waals surface area contributed by atoms with Gasteiger partial charge in [0.1, 0.15) is 23.0 Å². The maximum Gasteiger partial charge on any atom is 0.339 e. The van der Waals surface area contributed by atoms with Crippen molar-refractivity contribution in [3.05, 3.63) is 212 Å². The summed E-state index contributed by atoms with van der Waals surface area (Å²) < 4.78 is 61.8. The van der Waals surface area contributed by atoms with E-state index in [-0.39, 0.29) is 31.6 Å². The Labute approximate surface area is 399 Å². The second-order valence-corrected chi connectivity index (χ2v) is 16.5. The summed E-state index contributed by atoms with van der Waals surface area (Å²) in [5.74, 6) is -1.37. The van der Waals surface area contributed by atoms with Crippen LogP contribution >= 0.6 is 22.6 Å². The summed E-state index contributed by atoms with van der Waals surface area (Å²) in [4.78, 5) is 32.9. The first kappa shape index (κ1) is 47.0. The van der Waals surface area contributed by atoms with Gasteiger partial charge >= 0.3 is 11.9 Å². The van der Waals surface area contributed by atoms with Crippen molar-refractivity contribution in [1.29, 1.82) is 0 Å². The fourth-order valence-corrected chi connectivity index (χ4v) is 8.16. The fourth-order valence-electron chi connectivity index (χ4n) is 7.55. The zero-order chi connectivity index (χ0) is 46.7. The van der Waals surface area contributed by atoms with E-state index < -0.39 is 24.4 Å². The first-order chi connectivity index (χ1) is 32.7. The minimum Gasteiger partial charge on any atom is -0.462 e. The number of hydrogen-bond donors (Lipinski definition) is 0. The molecule has 67 heavy (non-hydrogen) atoms. The number of nitrogens with zero attached hydrogens (tertiary/aromatic N) is 2. The smallest absolute Gasteiger partial charge is 0.339 e. The molecule has 0 saturated carbocycles. The fraction of sp³-hybridized carbons (Fsp3) is 0.185. The van der Waals surface area contributed by atoms with Gasteiger partial charge in [-0.25, -0.2) is 28.3 Å². The molecule has 0 radical (unpaired) electrons. The molecule has 0 amide bonds. The van der Waals surface area contributed by atoms with E-state index in [2.05, 4.69) is 39.7 Å². The molecule has 10 rings (SSSR count). The predicted octanol–water partition coefficient (Wildman–Crippen LogP) is 12.6. The average molecular weight is 1010 g/mol. The highest BCUT2D eigenvalue weighted by Crippen LogP contribution is 2.35. The highest BCUT2D eigenvalue weighted by atomic mass is 127. The number of benzene rings is 6. The molecule has 8 aromatic rings. The summed E-state index contributed by atoms with van der Waals surface area (Å²) in [5.41, 5.74) is 9.00. The second kappa shape index (κ2) is 22.3. The molecule has 0 aliphatic carbocycles. The number of fused-ring (bicyclic) bond motifs is 4. The van der Waals surface area contributed by atoms with E-state index in [1.54, 1.807) is 50.2 Å². The third-order valence-electron chi connectivity index (χ3n) is 10.7. The van der Waals surface area contributed by atoms with Crippen molar-refractivity contribution in [2.75, 3.05) is 13.2 Å². The quantitative estimate of drug-likeness (QED) is 0.0916. The van der Waals surface area contributed by atoms with E-state index in [9.17, 15) is 18.4 Å². The number of carbonyl (C=O) groups excluding carboxylic acids is 2. The highest BCUT2D eigenvalue weighted by Gasteiger charge is 2.28. The van der Waals surface area contributed by atoms with Crippen LogP contribution in [0.25, 0.3) is 32.9 Å². The molecular weight excluding hydrogens is 969 g/mol. The lowest BCUT2D eigenvalue weighted by molar-refractivity contribution is -0.147. The first-order valence-corrected chi connectivity index (χ1v) is 22.7. The van der Waals surface area contributed by atoms with Crippen LogP contribution in [0.5, 0.6) is 0 Å². The van der Waals surface area contributed by atoms with Crippen LogP contribution in [0.2, 0.25) is 0 Å². The van der Waals surface area contributed by atoms with Crippen molar-refractivity contribution >= 4 is 56.3 Å². The van der Waals surface area contributed by atoms with Gasteiger partial charge in [0.2, 0.25) is 12.6 Å². The Balaban J connectivity index is 0.000000153. The Hall–Kier alpha value is -6.49. The first-order valence-electron chi connectivity index (χ1n) is 21.6. The number of halogens is 3. The number of pyridine rings is 2. The maximum absolute atomic E-state index is 14.5. The molecular formula is C54H45F2IN2O8. The third-order valence-corrected chi connectivity index (χ3v) is 11.6. The van der Waals surface area contributed by atoms with Crippen LogP contribution in [-0.2, 0) is 54.8 Å². The van der Waals surface area contributed by atoms with Gasteiger partial charge in [0.15, 0.2) is 0 Å². The predicted molar refractivity (Wildman–Crippen MR) is 257 cm³/mol. The van der Waals surface area contributed by atoms with Crippen LogP contribution in [0.1, 0.15) is 80.8 Å². The van der Waals surface area contributed by atoms with Crippen molar-refractivity contribution in [3.8, 4) is 11.1 Å². The zero-order valence-corrected chi connectivity index (χ0v) is 38.8. The Bertz CT molecular complexity index is 3040. The number of ether oxygens (including phenoxy) is 6. The molecule has 0 spiro atoms. The van der Waals surface area contributed by atoms with E-state index in [0.29, 0.717) is 47.6 Å². The van der Waals surface area contributed by atoms with Gasteiger partial charge in [-0.2, -0.15) is 0 Å². The van der Waals surface area contributed by atoms with Crippen LogP contribution < -0.4 is 0 Å². The zero-order valence-electron chi connectivity index (χ0n) is 36.6. The monoisotopic (exact) mass is 1010 g/mol. The molecule has 4 heterocycles. The molecule has 6 aromatic carbocycles. The molecule has 10 nitrogen and oxygen atoms in total. The van der Waals surface area contributed by atoms with Crippen LogP contribution in [0.4, 0.5) is 8.78 Å². The lowest BCUT2D eigenvalue weighted by Crippen LogP contribution is -2.07. The molecule has 2 atom stereocenters. The lowest BCUT2D eigenvalue weighted by Gasteiger charge is -2.14. The summed E-state index contributed by atoms with van der Waals surface area (Å²) >= 11 is 2.11. The van der Waals surface area contributed by atoms with Gasteiger partial charge in [-0.05, 0) is 131 Å². The van der Waals surface area contributed by atoms with E-state index >= 15 is 0 Å². The molecule has 2 aliphatic rings. The normalized spacial score (nSPS) is 14.6. The summed E-state index contributed by atoms with van der Waals surface area (Å²) in [6.45, 7) is 5.56. The molecule has 0 bridgehead atoms. The van der Waals surface area contributed by atoms with Gasteiger partial charge in [-0.3, -0.25) is 0 Å². The Morgan fingerprint density at radius 2 is 1.10 bits per heavy atom. The molecule has 0 N–H and O–H groups in total. The molecule has 13 heteroatoms. The summed E-state index contributed by atoms with van der Waals surface area (Å²) in [7, 11) is 0. The van der Waals surface area contributed by atoms with E-state index in [1.807, 2.05) is 78.9 Å². The van der Waals surface area contributed by atoms with Crippen molar-refractivity contribution < 1.29 is 46.8 Å². The third kappa shape index (κ3) is 11.7. The van der Waals surface area contributed by atoms with Crippen LogP contribution in [0, 0.1) is 15.2 Å². The Morgan fingerprint density at radius 1 is 0.582 bits per heavy atom. The Kier molecular flexibility index (Phi) is 15.7. The van der Waals surface area contributed by atoms with Gasteiger partial charge in [0.05, 0.1) is 61.8 Å². The molecule has 340 valence electrons. The van der Waals surface area contributed by atoms with Gasteiger partial charge < -0.3 is 28.4 Å². The van der Waals surface area contributed by atoms with Crippen molar-refractivity contribution in [1.82, 2.24) is 9.97 Å². The van der Waals surface area contributed by atoms with Gasteiger partial charge in [0, 0.05) is 25.5 Å². The number of para-hydroxylation sites is 2. The average Bonchev–Trinajstić information content (AvgIpc) is 3.94. The van der Waals surface area contributed by atoms with Crippen LogP contribution in [0.3, 0.4) is 0 Å². The minimum atomic E-state index is -0.622. The topological polar surface area (TPSA) is 115 Å². The van der Waals surface area contributed by atoms with Crippen molar-refractivity contribution in [2.45, 2.75) is 52.9 Å². The van der Waals surface area contributed by atoms with Gasteiger partial charge in [0.25, 0.3) is 0 Å². The van der Waals surface area contributed by atoms with Gasteiger partial charge in [-0.1, -0.05) is 78.9 Å². The van der Waals surface area contributed by atoms with Crippen LogP contribution in [0.15, 0.2) is 152 Å². The van der Waals surface area contributed by atoms with Gasteiger partial charge in [-0.15, -0.1) is 0 Å². The highest BCUT2D eigenvalue weighted by molar-refractivity contribution is 14.1. The SMILES string of the molecule is CCOC(=O)c1ccccc1-c1cc(F)cc(COC2OCc3cc4ccccc4nc32)c1.CCOC(=O)c1ccccc1I.Fc1cccc(COC2OCc3cc4ccccc4nc32)c1. The van der Waals surface area contributed by atoms with Crippen molar-refractivity contribution in [2.24, 2.45) is 0 Å². The van der Waals surface area contributed by atoms with E-state index in [4.69, 9.17) is 33.4 Å². The number of carbonyl (C=O) groups is 2. The molecule has 2 aromatic heterocycles. The Morgan fingerprint density at radius 3 is 1.70 bits per heavy atom. The molecule has 2 aliphatic heterocycles. The second-order valence-electron chi connectivity index (χ2n) is 15.3. The largest absolute Gasteiger partial charge is 0.462 e. The summed E-state index contributed by atoms with van der Waals surface area (Å²) in [6, 6.07) is 45.4. The molecule has 2 unspecified atom stereocenters. The molecule has 0 saturated heterocycles. The summed E-state index contributed by atoms with van der Waals surface area (Å²) in [5, 5.41) is 2.14. The number of hydrogen-bond acceptors (Lipinski definition) is 10. The maximum atomic E-state index is 14.5. The summed E-state index contributed by atoms with van der Waals surface area (Å²) in [6.07, 6.45) is -1.12. The van der Waals surface area contributed by atoms with Crippen LogP contribution in [-0.4, -0.2) is 35.1 Å². The standard InChI is InChI=1S/C27H22FNO4.C18H14FNO2.C9H9IO2/c1-2-31-26(30)23-9-5-4-8-22(23)19-11-17(12-21(28)14-19)15-32-27-25-20(16-33-27)13-18-7-3-6-10-24(18)29-25;19-15-6-3-4-12(8-15)10-21-18-17-14(11-22-18)9-13-5-1-2-7-16(13)20-17;1-2-12-9(11)7-5-3-4-6-8(7)10/h3-14,27H,2,15-16H2,1H3;1-9,18H,10-11H2;3-6H,2H2,1H3. The van der Waals surface area contributed by atoms with E-state index in [1.165, 1.54) is 24.3 Å². The lowest BCUT2D eigenvalue weighted by atomic mass is 9.98. The number of rotatable bonds is 11. The minimum absolute atomic E-state index is 0.130.